The van der Waals surface area contributed by atoms with E-state index in [2.05, 4.69) is 20.3 Å². The van der Waals surface area contributed by atoms with Crippen molar-refractivity contribution in [1.29, 1.82) is 5.26 Å². The van der Waals surface area contributed by atoms with Crippen LogP contribution in [-0.2, 0) is 13.0 Å². The lowest BCUT2D eigenvalue weighted by Gasteiger charge is -2.25. The first-order valence-corrected chi connectivity index (χ1v) is 6.44. The third kappa shape index (κ3) is 2.19. The summed E-state index contributed by atoms with van der Waals surface area (Å²) in [5.74, 6) is 1.01. The molecule has 0 saturated carbocycles. The smallest absolute Gasteiger partial charge is 0.234 e. The van der Waals surface area contributed by atoms with Gasteiger partial charge in [0, 0.05) is 50.2 Å². The summed E-state index contributed by atoms with van der Waals surface area (Å²) < 4.78 is 0. The molecule has 0 spiro atoms. The largest absolute Gasteiger partial charge is 0.329 e. The molecule has 20 heavy (non-hydrogen) atoms. The average Bonchev–Trinajstić information content (AvgIpc) is 2.54. The van der Waals surface area contributed by atoms with Gasteiger partial charge in [-0.2, -0.15) is 5.26 Å². The molecule has 1 N–H and O–H groups in total. The van der Waals surface area contributed by atoms with Crippen LogP contribution in [0.2, 0.25) is 0 Å². The molecule has 0 saturated heterocycles. The molecule has 0 aromatic carbocycles. The standard InChI is InChI=1S/C14H14N6/c1-20(10-2-5-16-6-3-10)14-11-9-17-7-4-12(11)18-13(8-15)19-14/h2-3,5-6,17H,4,7,9H2,1H3. The van der Waals surface area contributed by atoms with Crippen molar-refractivity contribution in [1.82, 2.24) is 20.3 Å². The summed E-state index contributed by atoms with van der Waals surface area (Å²) >= 11 is 0. The van der Waals surface area contributed by atoms with Gasteiger partial charge in [-0.15, -0.1) is 0 Å². The van der Waals surface area contributed by atoms with Crippen molar-refractivity contribution in [3.05, 3.63) is 41.6 Å². The fourth-order valence-electron chi connectivity index (χ4n) is 2.34. The second-order valence-corrected chi connectivity index (χ2v) is 4.60. The molecular weight excluding hydrogens is 252 g/mol. The normalized spacial score (nSPS) is 13.4. The molecule has 0 amide bonds. The molecule has 6 nitrogen and oxygen atoms in total. The van der Waals surface area contributed by atoms with E-state index < -0.39 is 0 Å². The lowest BCUT2D eigenvalue weighted by Crippen LogP contribution is -2.28. The summed E-state index contributed by atoms with van der Waals surface area (Å²) in [7, 11) is 1.94. The highest BCUT2D eigenvalue weighted by Gasteiger charge is 2.20. The zero-order valence-electron chi connectivity index (χ0n) is 11.2. The van der Waals surface area contributed by atoms with Crippen LogP contribution < -0.4 is 10.2 Å². The van der Waals surface area contributed by atoms with Crippen molar-refractivity contribution >= 4 is 11.5 Å². The summed E-state index contributed by atoms with van der Waals surface area (Å²) in [4.78, 5) is 14.7. The lowest BCUT2D eigenvalue weighted by atomic mass is 10.1. The quantitative estimate of drug-likeness (QED) is 0.878. The van der Waals surface area contributed by atoms with Crippen LogP contribution in [0.5, 0.6) is 0 Å². The molecule has 0 fully saturated rings. The molecule has 0 bridgehead atoms. The van der Waals surface area contributed by atoms with Crippen LogP contribution in [0.15, 0.2) is 24.5 Å². The minimum absolute atomic E-state index is 0.224. The zero-order valence-corrected chi connectivity index (χ0v) is 11.2. The molecule has 1 aliphatic rings. The van der Waals surface area contributed by atoms with E-state index in [1.807, 2.05) is 30.1 Å². The topological polar surface area (TPSA) is 77.7 Å². The van der Waals surface area contributed by atoms with Crippen molar-refractivity contribution < 1.29 is 0 Å². The van der Waals surface area contributed by atoms with Crippen LogP contribution in [0, 0.1) is 11.3 Å². The second kappa shape index (κ2) is 5.23. The first-order chi connectivity index (χ1) is 9.79. The lowest BCUT2D eigenvalue weighted by molar-refractivity contribution is 0.624. The van der Waals surface area contributed by atoms with E-state index in [0.717, 1.165) is 42.3 Å². The molecule has 2 aromatic rings. The van der Waals surface area contributed by atoms with Gasteiger partial charge in [0.15, 0.2) is 0 Å². The summed E-state index contributed by atoms with van der Waals surface area (Å²) in [5, 5.41) is 12.4. The first kappa shape index (κ1) is 12.5. The van der Waals surface area contributed by atoms with Gasteiger partial charge < -0.3 is 10.2 Å². The fraction of sp³-hybridized carbons (Fsp3) is 0.286. The maximum Gasteiger partial charge on any atom is 0.234 e. The highest BCUT2D eigenvalue weighted by atomic mass is 15.2. The Bertz CT molecular complexity index is 661. The Morgan fingerprint density at radius 1 is 1.30 bits per heavy atom. The number of aromatic nitrogens is 3. The second-order valence-electron chi connectivity index (χ2n) is 4.60. The Labute approximate surface area is 117 Å². The Morgan fingerprint density at radius 2 is 2.10 bits per heavy atom. The number of nitrogens with zero attached hydrogens (tertiary/aromatic N) is 5. The third-order valence-corrected chi connectivity index (χ3v) is 3.38. The van der Waals surface area contributed by atoms with Gasteiger partial charge in [-0.3, -0.25) is 4.98 Å². The molecular formula is C14H14N6. The van der Waals surface area contributed by atoms with E-state index >= 15 is 0 Å². The Hall–Kier alpha value is -2.52. The molecule has 0 atom stereocenters. The number of hydrogen-bond acceptors (Lipinski definition) is 6. The predicted molar refractivity (Wildman–Crippen MR) is 74.5 cm³/mol. The summed E-state index contributed by atoms with van der Waals surface area (Å²) in [6, 6.07) is 5.87. The number of anilines is 2. The van der Waals surface area contributed by atoms with Gasteiger partial charge in [0.1, 0.15) is 11.9 Å². The number of nitrogens with one attached hydrogen (secondary N) is 1. The molecule has 3 heterocycles. The highest BCUT2D eigenvalue weighted by Crippen LogP contribution is 2.27. The van der Waals surface area contributed by atoms with E-state index in [1.165, 1.54) is 0 Å². The van der Waals surface area contributed by atoms with Gasteiger partial charge in [0.05, 0.1) is 5.69 Å². The van der Waals surface area contributed by atoms with Gasteiger partial charge in [0.2, 0.25) is 5.82 Å². The Kier molecular flexibility index (Phi) is 3.27. The summed E-state index contributed by atoms with van der Waals surface area (Å²) in [6.07, 6.45) is 4.30. The van der Waals surface area contributed by atoms with Crippen molar-refractivity contribution in [2.45, 2.75) is 13.0 Å². The van der Waals surface area contributed by atoms with Crippen LogP contribution in [0.1, 0.15) is 17.1 Å². The number of rotatable bonds is 2. The van der Waals surface area contributed by atoms with Crippen molar-refractivity contribution in [3.63, 3.8) is 0 Å². The van der Waals surface area contributed by atoms with E-state index in [4.69, 9.17) is 5.26 Å². The molecule has 0 radical (unpaired) electrons. The van der Waals surface area contributed by atoms with Gasteiger partial charge in [-0.25, -0.2) is 9.97 Å². The van der Waals surface area contributed by atoms with E-state index in [9.17, 15) is 0 Å². The van der Waals surface area contributed by atoms with E-state index in [1.54, 1.807) is 12.4 Å². The van der Waals surface area contributed by atoms with Gasteiger partial charge in [0.25, 0.3) is 0 Å². The molecule has 2 aromatic heterocycles. The van der Waals surface area contributed by atoms with Crippen LogP contribution in [0.25, 0.3) is 0 Å². The van der Waals surface area contributed by atoms with E-state index in [-0.39, 0.29) is 5.82 Å². The molecule has 0 unspecified atom stereocenters. The van der Waals surface area contributed by atoms with Crippen molar-refractivity contribution in [3.8, 4) is 6.07 Å². The van der Waals surface area contributed by atoms with Gasteiger partial charge >= 0.3 is 0 Å². The maximum atomic E-state index is 9.10. The minimum atomic E-state index is 0.224. The molecule has 100 valence electrons. The number of hydrogen-bond donors (Lipinski definition) is 1. The Morgan fingerprint density at radius 3 is 2.85 bits per heavy atom. The summed E-state index contributed by atoms with van der Waals surface area (Å²) in [5.41, 5.74) is 3.01. The predicted octanol–water partition coefficient (Wildman–Crippen LogP) is 1.16. The van der Waals surface area contributed by atoms with Crippen molar-refractivity contribution in [2.24, 2.45) is 0 Å². The highest BCUT2D eigenvalue weighted by molar-refractivity contribution is 5.63. The summed E-state index contributed by atoms with van der Waals surface area (Å²) in [6.45, 7) is 1.61. The van der Waals surface area contributed by atoms with Crippen LogP contribution in [0.4, 0.5) is 11.5 Å². The van der Waals surface area contributed by atoms with Crippen LogP contribution >= 0.6 is 0 Å². The monoisotopic (exact) mass is 266 g/mol. The molecule has 0 aliphatic carbocycles. The number of pyridine rings is 1. The van der Waals surface area contributed by atoms with Crippen LogP contribution in [-0.4, -0.2) is 28.5 Å². The average molecular weight is 266 g/mol. The van der Waals surface area contributed by atoms with Gasteiger partial charge in [-0.1, -0.05) is 0 Å². The number of nitriles is 1. The van der Waals surface area contributed by atoms with Crippen molar-refractivity contribution in [2.75, 3.05) is 18.5 Å². The fourth-order valence-corrected chi connectivity index (χ4v) is 2.34. The number of fused-ring (bicyclic) bond motifs is 1. The van der Waals surface area contributed by atoms with Crippen LogP contribution in [0.3, 0.4) is 0 Å². The molecule has 3 rings (SSSR count). The molecule has 1 aliphatic heterocycles. The third-order valence-electron chi connectivity index (χ3n) is 3.38. The molecule has 6 heteroatoms. The maximum absolute atomic E-state index is 9.10. The minimum Gasteiger partial charge on any atom is -0.329 e. The zero-order chi connectivity index (χ0) is 13.9. The van der Waals surface area contributed by atoms with E-state index in [0.29, 0.717) is 0 Å². The Balaban J connectivity index is 2.10. The first-order valence-electron chi connectivity index (χ1n) is 6.44. The SMILES string of the molecule is CN(c1ccncc1)c1nc(C#N)nc2c1CNCC2. The van der Waals surface area contributed by atoms with Gasteiger partial charge in [-0.05, 0) is 12.1 Å².